The van der Waals surface area contributed by atoms with Gasteiger partial charge in [-0.25, -0.2) is 13.1 Å². The van der Waals surface area contributed by atoms with Gasteiger partial charge in [0.05, 0.1) is 25.2 Å². The van der Waals surface area contributed by atoms with Gasteiger partial charge in [-0.15, -0.1) is 0 Å². The van der Waals surface area contributed by atoms with Crippen molar-refractivity contribution in [3.05, 3.63) is 18.0 Å². The maximum absolute atomic E-state index is 12.2. The number of fused-ring (bicyclic) bond motifs is 1. The van der Waals surface area contributed by atoms with Crippen LogP contribution in [0.2, 0.25) is 0 Å². The molecule has 1 amide bonds. The fourth-order valence-corrected chi connectivity index (χ4v) is 3.66. The average molecular weight is 329 g/mol. The standard InChI is InChI=1S/C13H19N3O5S/c1-22(18,19)15-6-12-10-3-5-16(7-9(10)8-20-12)13(17)11-2-4-14-21-11/h2,4,9-10,12,15H,3,5-8H2,1H3/t9-,10-,12-/m0/s1. The van der Waals surface area contributed by atoms with E-state index in [1.54, 1.807) is 11.0 Å². The summed E-state index contributed by atoms with van der Waals surface area (Å²) in [5.41, 5.74) is 0. The van der Waals surface area contributed by atoms with Crippen LogP contribution in [-0.2, 0) is 14.8 Å². The zero-order valence-corrected chi connectivity index (χ0v) is 13.1. The van der Waals surface area contributed by atoms with Crippen molar-refractivity contribution >= 4 is 15.9 Å². The summed E-state index contributed by atoms with van der Waals surface area (Å²) in [6, 6.07) is 1.55. The number of carbonyl (C=O) groups is 1. The first-order chi connectivity index (χ1) is 10.4. The molecular weight excluding hydrogens is 310 g/mol. The molecule has 3 atom stereocenters. The minimum atomic E-state index is -3.22. The molecule has 0 aromatic carbocycles. The smallest absolute Gasteiger partial charge is 0.292 e. The molecule has 0 radical (unpaired) electrons. The lowest BCUT2D eigenvalue weighted by Gasteiger charge is -2.35. The molecule has 0 spiro atoms. The highest BCUT2D eigenvalue weighted by atomic mass is 32.2. The number of sulfonamides is 1. The van der Waals surface area contributed by atoms with Crippen LogP contribution in [0, 0.1) is 11.8 Å². The Balaban J connectivity index is 1.58. The van der Waals surface area contributed by atoms with Crippen molar-refractivity contribution in [2.45, 2.75) is 12.5 Å². The normalized spacial score (nSPS) is 28.6. The summed E-state index contributed by atoms with van der Waals surface area (Å²) in [5, 5.41) is 3.55. The van der Waals surface area contributed by atoms with Gasteiger partial charge >= 0.3 is 0 Å². The highest BCUT2D eigenvalue weighted by Crippen LogP contribution is 2.34. The van der Waals surface area contributed by atoms with Crippen molar-refractivity contribution in [2.75, 3.05) is 32.5 Å². The molecule has 0 saturated carbocycles. The monoisotopic (exact) mass is 329 g/mol. The third-order valence-corrected chi connectivity index (χ3v) is 4.97. The van der Waals surface area contributed by atoms with Gasteiger partial charge in [0.15, 0.2) is 0 Å². The summed E-state index contributed by atoms with van der Waals surface area (Å²) in [6.07, 6.45) is 3.26. The average Bonchev–Trinajstić information content (AvgIpc) is 3.12. The number of hydrogen-bond acceptors (Lipinski definition) is 6. The maximum Gasteiger partial charge on any atom is 0.292 e. The number of carbonyl (C=O) groups excluding carboxylic acids is 1. The fourth-order valence-electron chi connectivity index (χ4n) is 3.20. The quantitative estimate of drug-likeness (QED) is 0.814. The highest BCUT2D eigenvalue weighted by molar-refractivity contribution is 7.88. The van der Waals surface area contributed by atoms with Gasteiger partial charge < -0.3 is 14.2 Å². The van der Waals surface area contributed by atoms with E-state index in [2.05, 4.69) is 9.88 Å². The van der Waals surface area contributed by atoms with Crippen LogP contribution in [-0.4, -0.2) is 63.0 Å². The molecular formula is C13H19N3O5S. The van der Waals surface area contributed by atoms with E-state index in [-0.39, 0.29) is 36.2 Å². The van der Waals surface area contributed by atoms with E-state index in [0.29, 0.717) is 19.7 Å². The molecule has 2 aliphatic rings. The van der Waals surface area contributed by atoms with Crippen molar-refractivity contribution in [1.82, 2.24) is 14.8 Å². The molecule has 2 saturated heterocycles. The van der Waals surface area contributed by atoms with Crippen molar-refractivity contribution in [3.8, 4) is 0 Å². The molecule has 1 N–H and O–H groups in total. The first-order valence-corrected chi connectivity index (χ1v) is 9.09. The fraction of sp³-hybridized carbons (Fsp3) is 0.692. The first kappa shape index (κ1) is 15.4. The summed E-state index contributed by atoms with van der Waals surface area (Å²) in [7, 11) is -3.22. The molecule has 122 valence electrons. The van der Waals surface area contributed by atoms with Gasteiger partial charge in [0.25, 0.3) is 5.91 Å². The molecule has 1 aromatic heterocycles. The topological polar surface area (TPSA) is 102 Å². The van der Waals surface area contributed by atoms with Crippen molar-refractivity contribution in [2.24, 2.45) is 11.8 Å². The van der Waals surface area contributed by atoms with E-state index in [0.717, 1.165) is 12.7 Å². The number of nitrogens with zero attached hydrogens (tertiary/aromatic N) is 2. The van der Waals surface area contributed by atoms with E-state index < -0.39 is 10.0 Å². The molecule has 3 rings (SSSR count). The molecule has 8 nitrogen and oxygen atoms in total. The molecule has 1 aromatic rings. The van der Waals surface area contributed by atoms with Crippen molar-refractivity contribution in [3.63, 3.8) is 0 Å². The number of amides is 1. The Hall–Kier alpha value is -1.45. The Morgan fingerprint density at radius 2 is 2.36 bits per heavy atom. The van der Waals surface area contributed by atoms with Crippen LogP contribution in [0.15, 0.2) is 16.8 Å². The molecule has 3 heterocycles. The maximum atomic E-state index is 12.2. The lowest BCUT2D eigenvalue weighted by Crippen LogP contribution is -2.46. The number of nitrogens with one attached hydrogen (secondary N) is 1. The molecule has 22 heavy (non-hydrogen) atoms. The first-order valence-electron chi connectivity index (χ1n) is 7.20. The molecule has 0 bridgehead atoms. The molecule has 0 aliphatic carbocycles. The summed E-state index contributed by atoms with van der Waals surface area (Å²) in [6.45, 7) is 2.04. The number of hydrogen-bond donors (Lipinski definition) is 1. The lowest BCUT2D eigenvalue weighted by atomic mass is 9.84. The van der Waals surface area contributed by atoms with Crippen LogP contribution in [0.5, 0.6) is 0 Å². The molecule has 0 unspecified atom stereocenters. The lowest BCUT2D eigenvalue weighted by molar-refractivity contribution is 0.0578. The summed E-state index contributed by atoms with van der Waals surface area (Å²) in [5.74, 6) is 0.585. The number of rotatable bonds is 4. The van der Waals surface area contributed by atoms with Crippen LogP contribution >= 0.6 is 0 Å². The summed E-state index contributed by atoms with van der Waals surface area (Å²) in [4.78, 5) is 14.0. The van der Waals surface area contributed by atoms with Crippen molar-refractivity contribution < 1.29 is 22.5 Å². The van der Waals surface area contributed by atoms with Gasteiger partial charge in [-0.05, 0) is 12.3 Å². The minimum absolute atomic E-state index is 0.123. The van der Waals surface area contributed by atoms with Crippen LogP contribution in [0.1, 0.15) is 17.0 Å². The van der Waals surface area contributed by atoms with Gasteiger partial charge in [-0.1, -0.05) is 5.16 Å². The number of likely N-dealkylation sites (tertiary alicyclic amines) is 1. The Morgan fingerprint density at radius 1 is 1.55 bits per heavy atom. The van der Waals surface area contributed by atoms with E-state index >= 15 is 0 Å². The van der Waals surface area contributed by atoms with E-state index in [9.17, 15) is 13.2 Å². The summed E-state index contributed by atoms with van der Waals surface area (Å²) < 4.78 is 35.5. The zero-order valence-electron chi connectivity index (χ0n) is 12.3. The Morgan fingerprint density at radius 3 is 3.05 bits per heavy atom. The second-order valence-corrected chi connectivity index (χ2v) is 7.67. The molecule has 9 heteroatoms. The third kappa shape index (κ3) is 3.31. The second-order valence-electron chi connectivity index (χ2n) is 5.83. The highest BCUT2D eigenvalue weighted by Gasteiger charge is 2.42. The second kappa shape index (κ2) is 5.98. The largest absolute Gasteiger partial charge is 0.376 e. The predicted octanol–water partition coefficient (Wildman–Crippen LogP) is -0.299. The Bertz CT molecular complexity index is 630. The molecule has 2 fully saturated rings. The van der Waals surface area contributed by atoms with Gasteiger partial charge in [0.2, 0.25) is 15.8 Å². The van der Waals surface area contributed by atoms with E-state index in [4.69, 9.17) is 9.26 Å². The number of piperidine rings is 1. The van der Waals surface area contributed by atoms with Gasteiger partial charge in [-0.2, -0.15) is 0 Å². The van der Waals surface area contributed by atoms with Gasteiger partial charge in [0, 0.05) is 31.6 Å². The van der Waals surface area contributed by atoms with Crippen LogP contribution in [0.25, 0.3) is 0 Å². The summed E-state index contributed by atoms with van der Waals surface area (Å²) >= 11 is 0. The van der Waals surface area contributed by atoms with Gasteiger partial charge in [-0.3, -0.25) is 4.79 Å². The SMILES string of the molecule is CS(=O)(=O)NC[C@@H]1OC[C@@H]2CN(C(=O)c3ccno3)CC[C@@H]21. The van der Waals surface area contributed by atoms with Crippen molar-refractivity contribution in [1.29, 1.82) is 0 Å². The Labute approximate surface area is 128 Å². The minimum Gasteiger partial charge on any atom is -0.376 e. The number of ether oxygens (including phenoxy) is 1. The van der Waals surface area contributed by atoms with Crippen LogP contribution in [0.3, 0.4) is 0 Å². The zero-order chi connectivity index (χ0) is 15.7. The van der Waals surface area contributed by atoms with E-state index in [1.807, 2.05) is 0 Å². The molecule has 2 aliphatic heterocycles. The number of aromatic nitrogens is 1. The van der Waals surface area contributed by atoms with E-state index in [1.165, 1.54) is 6.20 Å². The van der Waals surface area contributed by atoms with Gasteiger partial charge in [0.1, 0.15) is 0 Å². The van der Waals surface area contributed by atoms with Crippen LogP contribution in [0.4, 0.5) is 0 Å². The van der Waals surface area contributed by atoms with Crippen LogP contribution < -0.4 is 4.72 Å². The Kier molecular flexibility index (Phi) is 4.20. The predicted molar refractivity (Wildman–Crippen MR) is 76.6 cm³/mol. The third-order valence-electron chi connectivity index (χ3n) is 4.28.